The molecule has 4 heteroatoms. The van der Waals surface area contributed by atoms with Crippen molar-refractivity contribution in [1.82, 2.24) is 0 Å². The minimum atomic E-state index is 0.329. The molecule has 0 aromatic rings. The van der Waals surface area contributed by atoms with Crippen molar-refractivity contribution in [2.75, 3.05) is 39.5 Å². The van der Waals surface area contributed by atoms with Gasteiger partial charge >= 0.3 is 0 Å². The molecule has 0 radical (unpaired) electrons. The van der Waals surface area contributed by atoms with Crippen LogP contribution in [0.15, 0.2) is 0 Å². The monoisotopic (exact) mass is 148 g/mol. The van der Waals surface area contributed by atoms with Gasteiger partial charge in [-0.2, -0.15) is 0 Å². The molecule has 4 N–H and O–H groups in total. The topological polar surface area (TPSA) is 69.9 Å². The van der Waals surface area contributed by atoms with E-state index in [9.17, 15) is 0 Å². The predicted octanol–water partition coefficient (Wildman–Crippen LogP) is -0.686. The van der Waals surface area contributed by atoms with Gasteiger partial charge in [0.05, 0.1) is 26.4 Å². The number of ether oxygens (including phenoxy) is 2. The van der Waals surface area contributed by atoms with Crippen LogP contribution in [0, 0.1) is 0 Å². The molecule has 0 amide bonds. The maximum absolute atomic E-state index is 6.74. The summed E-state index contributed by atoms with van der Waals surface area (Å²) in [7, 11) is 0. The third-order valence-electron chi connectivity index (χ3n) is 0.907. The molecular formula is C6H16N2O2. The van der Waals surface area contributed by atoms with Gasteiger partial charge < -0.3 is 20.9 Å². The Bertz CT molecular complexity index is 53.7. The summed E-state index contributed by atoms with van der Waals surface area (Å²) in [6.07, 6.45) is 0. The first kappa shape index (κ1) is 9.84. The third-order valence-corrected chi connectivity index (χ3v) is 0.907. The molecule has 0 aromatic carbocycles. The van der Waals surface area contributed by atoms with Crippen molar-refractivity contribution in [3.8, 4) is 0 Å². The summed E-state index contributed by atoms with van der Waals surface area (Å²) >= 11 is 0. The smallest absolute Gasteiger partial charge is 0.0977 e. The zero-order valence-electron chi connectivity index (χ0n) is 6.27. The summed E-state index contributed by atoms with van der Waals surface area (Å²) in [6, 6.07) is 0. The van der Waals surface area contributed by atoms with Crippen LogP contribution in [-0.2, 0) is 9.47 Å². The van der Waals surface area contributed by atoms with Crippen molar-refractivity contribution in [2.45, 2.75) is 0 Å². The van der Waals surface area contributed by atoms with Crippen molar-refractivity contribution in [3.05, 3.63) is 5.73 Å². The molecule has 0 aliphatic rings. The average molecular weight is 148 g/mol. The molecule has 0 fully saturated rings. The first-order chi connectivity index (χ1) is 4.91. The maximum Gasteiger partial charge on any atom is 0.0977 e. The van der Waals surface area contributed by atoms with Gasteiger partial charge in [-0.25, -0.2) is 0 Å². The lowest BCUT2D eigenvalue weighted by atomic mass is 10.7. The van der Waals surface area contributed by atoms with Gasteiger partial charge in [-0.1, -0.05) is 0 Å². The molecule has 0 aliphatic heterocycles. The Morgan fingerprint density at radius 1 is 1.00 bits per heavy atom. The van der Waals surface area contributed by atoms with Crippen molar-refractivity contribution in [3.63, 3.8) is 0 Å². The fourth-order valence-corrected chi connectivity index (χ4v) is 0.496. The van der Waals surface area contributed by atoms with Gasteiger partial charge in [-0.15, -0.1) is 6.54 Å². The predicted molar refractivity (Wildman–Crippen MR) is 38.6 cm³/mol. The zero-order valence-corrected chi connectivity index (χ0v) is 6.27. The second kappa shape index (κ2) is 8.84. The molecule has 0 rings (SSSR count). The standard InChI is InChI=1S/C6H15N2O2/c7-1-3-9-5-6-10-4-2-8/h7H,1-6,8H2/q-1/p+1. The van der Waals surface area contributed by atoms with Crippen LogP contribution in [0.4, 0.5) is 0 Å². The molecule has 4 nitrogen and oxygen atoms in total. The van der Waals surface area contributed by atoms with Gasteiger partial charge in [0, 0.05) is 6.61 Å². The maximum atomic E-state index is 6.74. The second-order valence-electron chi connectivity index (χ2n) is 1.83. The zero-order chi connectivity index (χ0) is 7.66. The van der Waals surface area contributed by atoms with E-state index in [1.54, 1.807) is 0 Å². The summed E-state index contributed by atoms with van der Waals surface area (Å²) in [5.74, 6) is 0. The van der Waals surface area contributed by atoms with Gasteiger partial charge in [0.15, 0.2) is 0 Å². The Hall–Kier alpha value is -0.160. The van der Waals surface area contributed by atoms with E-state index in [-0.39, 0.29) is 0 Å². The molecule has 0 bridgehead atoms. The average Bonchev–Trinajstić information content (AvgIpc) is 1.97. The minimum absolute atomic E-state index is 0.329. The van der Waals surface area contributed by atoms with E-state index in [1.165, 1.54) is 0 Å². The van der Waals surface area contributed by atoms with Gasteiger partial charge in [0.25, 0.3) is 0 Å². The van der Waals surface area contributed by atoms with E-state index in [0.29, 0.717) is 33.0 Å². The van der Waals surface area contributed by atoms with Crippen LogP contribution in [0.25, 0.3) is 5.73 Å². The summed E-state index contributed by atoms with van der Waals surface area (Å²) in [4.78, 5) is 0. The van der Waals surface area contributed by atoms with Gasteiger partial charge in [0.2, 0.25) is 0 Å². The van der Waals surface area contributed by atoms with Gasteiger partial charge in [-0.3, -0.25) is 0 Å². The van der Waals surface area contributed by atoms with Gasteiger partial charge in [0.1, 0.15) is 0 Å². The Morgan fingerprint density at radius 3 is 2.10 bits per heavy atom. The quantitative estimate of drug-likeness (QED) is 0.486. The van der Waals surface area contributed by atoms with E-state index in [1.807, 2.05) is 0 Å². The van der Waals surface area contributed by atoms with Crippen LogP contribution in [0.3, 0.4) is 0 Å². The minimum Gasteiger partial charge on any atom is -0.676 e. The Labute approximate surface area is 61.5 Å². The van der Waals surface area contributed by atoms with Crippen LogP contribution in [0.5, 0.6) is 0 Å². The lowest BCUT2D eigenvalue weighted by Crippen LogP contribution is -2.52. The van der Waals surface area contributed by atoms with E-state index < -0.39 is 0 Å². The number of rotatable bonds is 7. The summed E-state index contributed by atoms with van der Waals surface area (Å²) in [6.45, 7) is 3.56. The van der Waals surface area contributed by atoms with Gasteiger partial charge in [-0.05, 0) is 0 Å². The summed E-state index contributed by atoms with van der Waals surface area (Å²) in [5.41, 5.74) is 10.4. The van der Waals surface area contributed by atoms with Crippen LogP contribution >= 0.6 is 0 Å². The molecule has 0 aliphatic carbocycles. The molecule has 10 heavy (non-hydrogen) atoms. The molecule has 0 unspecified atom stereocenters. The highest BCUT2D eigenvalue weighted by molar-refractivity contribution is 4.46. The molecule has 0 spiro atoms. The van der Waals surface area contributed by atoms with Crippen LogP contribution in [0.1, 0.15) is 0 Å². The Kier molecular flexibility index (Phi) is 8.70. The number of nitrogens with one attached hydrogen (secondary N) is 1. The lowest BCUT2D eigenvalue weighted by molar-refractivity contribution is -0.374. The molecule has 0 heterocycles. The second-order valence-corrected chi connectivity index (χ2v) is 1.83. The highest BCUT2D eigenvalue weighted by atomic mass is 16.5. The van der Waals surface area contributed by atoms with E-state index in [0.717, 1.165) is 6.54 Å². The highest BCUT2D eigenvalue weighted by Gasteiger charge is 1.85. The Balaban J connectivity index is 2.65. The molecule has 0 saturated heterocycles. The summed E-state index contributed by atoms with van der Waals surface area (Å²) in [5, 5.41) is 0. The normalized spacial score (nSPS) is 10.2. The molecule has 62 valence electrons. The van der Waals surface area contributed by atoms with Crippen LogP contribution in [0.2, 0.25) is 0 Å². The van der Waals surface area contributed by atoms with Crippen molar-refractivity contribution >= 4 is 0 Å². The molecule has 0 atom stereocenters. The Morgan fingerprint density at radius 2 is 1.60 bits per heavy atom. The summed E-state index contributed by atoms with van der Waals surface area (Å²) < 4.78 is 10.1. The van der Waals surface area contributed by atoms with Crippen LogP contribution in [-0.4, -0.2) is 39.5 Å². The largest absolute Gasteiger partial charge is 0.676 e. The van der Waals surface area contributed by atoms with Crippen molar-refractivity contribution in [2.24, 2.45) is 0 Å². The van der Waals surface area contributed by atoms with Crippen LogP contribution < -0.4 is 5.73 Å². The highest BCUT2D eigenvalue weighted by Crippen LogP contribution is 1.77. The third kappa shape index (κ3) is 7.84. The van der Waals surface area contributed by atoms with Crippen molar-refractivity contribution < 1.29 is 15.2 Å². The van der Waals surface area contributed by atoms with Crippen molar-refractivity contribution in [1.29, 1.82) is 0 Å². The lowest BCUT2D eigenvalue weighted by Gasteiger charge is -2.04. The first-order valence-corrected chi connectivity index (χ1v) is 3.51. The number of hydrogen-bond acceptors (Lipinski definition) is 2. The number of hydrogen-bond donors (Lipinski definition) is 1. The molecular weight excluding hydrogens is 132 g/mol. The van der Waals surface area contributed by atoms with E-state index in [4.69, 9.17) is 15.2 Å². The SMILES string of the molecule is [NH-]CCOCCOCC[NH3+]. The fourth-order valence-electron chi connectivity index (χ4n) is 0.496. The van der Waals surface area contributed by atoms with E-state index in [2.05, 4.69) is 5.73 Å². The molecule has 0 aromatic heterocycles. The number of quaternary nitrogens is 1. The van der Waals surface area contributed by atoms with E-state index >= 15 is 0 Å². The molecule has 0 saturated carbocycles. The fraction of sp³-hybridized carbons (Fsp3) is 1.00. The first-order valence-electron chi connectivity index (χ1n) is 3.51.